The van der Waals surface area contributed by atoms with E-state index in [2.05, 4.69) is 32.4 Å². The third-order valence-electron chi connectivity index (χ3n) is 5.64. The zero-order valence-electron chi connectivity index (χ0n) is 17.2. The van der Waals surface area contributed by atoms with Crippen LogP contribution in [0.2, 0.25) is 0 Å². The first-order valence-electron chi connectivity index (χ1n) is 10.3. The number of anilines is 2. The topological polar surface area (TPSA) is 75.4 Å². The molecule has 4 heterocycles. The van der Waals surface area contributed by atoms with Crippen molar-refractivity contribution < 1.29 is 4.79 Å². The first-order valence-corrected chi connectivity index (χ1v) is 10.3. The highest BCUT2D eigenvalue weighted by Crippen LogP contribution is 2.30. The lowest BCUT2D eigenvalue weighted by Crippen LogP contribution is -2.41. The van der Waals surface area contributed by atoms with Gasteiger partial charge in [-0.1, -0.05) is 18.2 Å². The number of aromatic nitrogens is 4. The number of piperidine rings is 1. The fraction of sp³-hybridized carbons (Fsp3) is 0.304. The summed E-state index contributed by atoms with van der Waals surface area (Å²) in [6.07, 6.45) is 1.80. The van der Waals surface area contributed by atoms with Crippen LogP contribution in [0.25, 0.3) is 16.6 Å². The average molecular weight is 400 g/mol. The van der Waals surface area contributed by atoms with Crippen LogP contribution in [-0.4, -0.2) is 38.6 Å². The fourth-order valence-electron chi connectivity index (χ4n) is 4.22. The molecule has 0 saturated carbocycles. The van der Waals surface area contributed by atoms with Gasteiger partial charge in [0, 0.05) is 30.2 Å². The lowest BCUT2D eigenvalue weighted by Gasteiger charge is -2.33. The number of carbonyl (C=O) groups is 1. The quantitative estimate of drug-likeness (QED) is 0.567. The average Bonchev–Trinajstić information content (AvgIpc) is 3.14. The Morgan fingerprint density at radius 1 is 1.07 bits per heavy atom. The van der Waals surface area contributed by atoms with Crippen LogP contribution in [0.5, 0.6) is 0 Å². The molecule has 1 fully saturated rings. The second-order valence-electron chi connectivity index (χ2n) is 7.95. The molecular formula is C23H24N6O. The predicted molar refractivity (Wildman–Crippen MR) is 118 cm³/mol. The second-order valence-corrected chi connectivity index (χ2v) is 7.95. The van der Waals surface area contributed by atoms with E-state index in [0.29, 0.717) is 12.4 Å². The number of rotatable bonds is 3. The van der Waals surface area contributed by atoms with Crippen molar-refractivity contribution in [2.75, 3.05) is 23.3 Å². The molecular weight excluding hydrogens is 376 g/mol. The highest BCUT2D eigenvalue weighted by atomic mass is 16.2. The summed E-state index contributed by atoms with van der Waals surface area (Å²) in [6, 6.07) is 15.8. The zero-order valence-corrected chi connectivity index (χ0v) is 17.2. The number of pyridine rings is 1. The van der Waals surface area contributed by atoms with Crippen molar-refractivity contribution in [2.24, 2.45) is 5.92 Å². The molecule has 1 amide bonds. The van der Waals surface area contributed by atoms with Crippen molar-refractivity contribution >= 4 is 34.1 Å². The number of hydrogen-bond donors (Lipinski definition) is 1. The predicted octanol–water partition coefficient (Wildman–Crippen LogP) is 3.75. The van der Waals surface area contributed by atoms with E-state index in [1.165, 1.54) is 0 Å². The molecule has 1 aromatic carbocycles. The standard InChI is InChI=1S/C23H24N6O/c1-15-7-5-11-20(24-15)25-23(30)17-8-6-12-28(14-17)22-18-9-3-4-10-19(18)29-21(26-22)13-16(2)27-29/h3-5,7,9-11,13,17H,6,8,12,14H2,1-2H3,(H,24,25,30). The van der Waals surface area contributed by atoms with Crippen molar-refractivity contribution in [3.63, 3.8) is 0 Å². The monoisotopic (exact) mass is 400 g/mol. The van der Waals surface area contributed by atoms with Crippen LogP contribution >= 0.6 is 0 Å². The van der Waals surface area contributed by atoms with Gasteiger partial charge in [-0.15, -0.1) is 0 Å². The molecule has 1 atom stereocenters. The molecule has 1 N–H and O–H groups in total. The van der Waals surface area contributed by atoms with Crippen LogP contribution in [0.15, 0.2) is 48.5 Å². The Morgan fingerprint density at radius 2 is 1.93 bits per heavy atom. The SMILES string of the molecule is Cc1cccc(NC(=O)C2CCCN(c3nc4cc(C)nn4c4ccccc34)C2)n1. The summed E-state index contributed by atoms with van der Waals surface area (Å²) in [5, 5.41) is 8.62. The summed E-state index contributed by atoms with van der Waals surface area (Å²) in [5.74, 6) is 1.44. The Balaban J connectivity index is 1.45. The Kier molecular flexibility index (Phi) is 4.58. The summed E-state index contributed by atoms with van der Waals surface area (Å²) in [7, 11) is 0. The molecule has 30 heavy (non-hydrogen) atoms. The minimum absolute atomic E-state index is 0.0170. The number of aryl methyl sites for hydroxylation is 2. The van der Waals surface area contributed by atoms with E-state index >= 15 is 0 Å². The van der Waals surface area contributed by atoms with Crippen molar-refractivity contribution in [2.45, 2.75) is 26.7 Å². The van der Waals surface area contributed by atoms with E-state index < -0.39 is 0 Å². The highest BCUT2D eigenvalue weighted by molar-refractivity contribution is 5.94. The van der Waals surface area contributed by atoms with Gasteiger partial charge in [-0.3, -0.25) is 4.79 Å². The molecule has 3 aromatic heterocycles. The molecule has 1 aliphatic heterocycles. The fourth-order valence-corrected chi connectivity index (χ4v) is 4.22. The zero-order chi connectivity index (χ0) is 20.7. The normalized spacial score (nSPS) is 16.9. The van der Waals surface area contributed by atoms with Gasteiger partial charge >= 0.3 is 0 Å². The number of hydrogen-bond acceptors (Lipinski definition) is 5. The van der Waals surface area contributed by atoms with Gasteiger partial charge < -0.3 is 10.2 Å². The molecule has 5 rings (SSSR count). The van der Waals surface area contributed by atoms with E-state index in [4.69, 9.17) is 4.98 Å². The van der Waals surface area contributed by atoms with Crippen LogP contribution in [0.4, 0.5) is 11.6 Å². The molecule has 0 radical (unpaired) electrons. The lowest BCUT2D eigenvalue weighted by atomic mass is 9.96. The Morgan fingerprint density at radius 3 is 2.80 bits per heavy atom. The maximum Gasteiger partial charge on any atom is 0.230 e. The van der Waals surface area contributed by atoms with Crippen LogP contribution in [0.3, 0.4) is 0 Å². The minimum atomic E-state index is -0.107. The molecule has 7 heteroatoms. The van der Waals surface area contributed by atoms with Gasteiger partial charge in [0.1, 0.15) is 11.6 Å². The molecule has 1 aliphatic rings. The van der Waals surface area contributed by atoms with E-state index in [9.17, 15) is 4.79 Å². The molecule has 152 valence electrons. The van der Waals surface area contributed by atoms with Crippen molar-refractivity contribution in [3.8, 4) is 0 Å². The number of carbonyl (C=O) groups excluding carboxylic acids is 1. The van der Waals surface area contributed by atoms with Gasteiger partial charge in [-0.2, -0.15) is 5.10 Å². The first kappa shape index (κ1) is 18.5. The maximum absolute atomic E-state index is 12.9. The molecule has 4 aromatic rings. The summed E-state index contributed by atoms with van der Waals surface area (Å²) >= 11 is 0. The summed E-state index contributed by atoms with van der Waals surface area (Å²) in [4.78, 5) is 24.5. The van der Waals surface area contributed by atoms with Gasteiger partial charge in [0.2, 0.25) is 5.91 Å². The second kappa shape index (κ2) is 7.40. The van der Waals surface area contributed by atoms with Crippen LogP contribution < -0.4 is 10.2 Å². The van der Waals surface area contributed by atoms with E-state index in [-0.39, 0.29) is 11.8 Å². The van der Waals surface area contributed by atoms with Crippen LogP contribution in [-0.2, 0) is 4.79 Å². The van der Waals surface area contributed by atoms with Crippen molar-refractivity contribution in [1.29, 1.82) is 0 Å². The van der Waals surface area contributed by atoms with Gasteiger partial charge in [-0.25, -0.2) is 14.5 Å². The van der Waals surface area contributed by atoms with Gasteiger partial charge in [0.15, 0.2) is 5.65 Å². The number of benzene rings is 1. The van der Waals surface area contributed by atoms with Crippen LogP contribution in [0.1, 0.15) is 24.2 Å². The van der Waals surface area contributed by atoms with E-state index in [1.54, 1.807) is 0 Å². The van der Waals surface area contributed by atoms with Gasteiger partial charge in [0.25, 0.3) is 0 Å². The van der Waals surface area contributed by atoms with Gasteiger partial charge in [-0.05, 0) is 51.0 Å². The molecule has 0 spiro atoms. The number of para-hydroxylation sites is 1. The highest BCUT2D eigenvalue weighted by Gasteiger charge is 2.28. The summed E-state index contributed by atoms with van der Waals surface area (Å²) in [6.45, 7) is 5.41. The Bertz CT molecular complexity index is 1250. The molecule has 0 bridgehead atoms. The largest absolute Gasteiger partial charge is 0.355 e. The van der Waals surface area contributed by atoms with E-state index in [0.717, 1.165) is 53.1 Å². The maximum atomic E-state index is 12.9. The van der Waals surface area contributed by atoms with Crippen LogP contribution in [0, 0.1) is 19.8 Å². The summed E-state index contributed by atoms with van der Waals surface area (Å²) < 4.78 is 1.89. The molecule has 1 unspecified atom stereocenters. The van der Waals surface area contributed by atoms with Crippen molar-refractivity contribution in [1.82, 2.24) is 19.6 Å². The Labute approximate surface area is 174 Å². The smallest absolute Gasteiger partial charge is 0.230 e. The summed E-state index contributed by atoms with van der Waals surface area (Å²) in [5.41, 5.74) is 3.68. The number of nitrogens with one attached hydrogen (secondary N) is 1. The van der Waals surface area contributed by atoms with E-state index in [1.807, 2.05) is 54.8 Å². The third kappa shape index (κ3) is 3.36. The third-order valence-corrected chi connectivity index (χ3v) is 5.64. The van der Waals surface area contributed by atoms with Crippen molar-refractivity contribution in [3.05, 3.63) is 59.9 Å². The lowest BCUT2D eigenvalue weighted by molar-refractivity contribution is -0.120. The molecule has 7 nitrogen and oxygen atoms in total. The number of nitrogens with zero attached hydrogens (tertiary/aromatic N) is 5. The molecule has 0 aliphatic carbocycles. The first-order chi connectivity index (χ1) is 14.6. The molecule has 1 saturated heterocycles. The number of amides is 1. The Hall–Kier alpha value is -3.48. The number of fused-ring (bicyclic) bond motifs is 3. The minimum Gasteiger partial charge on any atom is -0.355 e. The van der Waals surface area contributed by atoms with Gasteiger partial charge in [0.05, 0.1) is 17.1 Å².